The zero-order chi connectivity index (χ0) is 15.8. The van der Waals surface area contributed by atoms with Gasteiger partial charge in [-0.2, -0.15) is 13.2 Å². The summed E-state index contributed by atoms with van der Waals surface area (Å²) in [7, 11) is 0. The van der Waals surface area contributed by atoms with Gasteiger partial charge in [-0.05, 0) is 47.9 Å². The fraction of sp³-hybridized carbons (Fsp3) is 0.133. The van der Waals surface area contributed by atoms with Crippen LogP contribution in [0.25, 0.3) is 11.1 Å². The smallest absolute Gasteiger partial charge is 0.419 e. The molecule has 21 heavy (non-hydrogen) atoms. The lowest BCUT2D eigenvalue weighted by molar-refractivity contribution is -0.139. The van der Waals surface area contributed by atoms with Crippen LogP contribution in [-0.2, 0) is 6.18 Å². The van der Waals surface area contributed by atoms with Gasteiger partial charge in [0.1, 0.15) is 5.82 Å². The molecule has 0 bridgehead atoms. The van der Waals surface area contributed by atoms with Crippen LogP contribution in [0.1, 0.15) is 21.5 Å². The molecule has 0 radical (unpaired) electrons. The first-order valence-corrected chi connectivity index (χ1v) is 5.90. The van der Waals surface area contributed by atoms with E-state index in [-0.39, 0.29) is 16.7 Å². The SMILES string of the molecule is Cc1cc(C(=O)O)cc(-c2ccc(F)c(C(F)(F)F)c2)c1. The number of halogens is 4. The second-order valence-corrected chi connectivity index (χ2v) is 4.59. The molecule has 0 aliphatic heterocycles. The summed E-state index contributed by atoms with van der Waals surface area (Å²) in [6, 6.07) is 6.78. The van der Waals surface area contributed by atoms with Gasteiger partial charge in [0.2, 0.25) is 0 Å². The Hall–Kier alpha value is -2.37. The van der Waals surface area contributed by atoms with Gasteiger partial charge in [0.15, 0.2) is 0 Å². The highest BCUT2D eigenvalue weighted by molar-refractivity contribution is 5.89. The van der Waals surface area contributed by atoms with Crippen molar-refractivity contribution in [3.8, 4) is 11.1 Å². The van der Waals surface area contributed by atoms with Gasteiger partial charge in [-0.15, -0.1) is 0 Å². The molecule has 0 aromatic heterocycles. The molecule has 1 N–H and O–H groups in total. The van der Waals surface area contributed by atoms with Gasteiger partial charge in [-0.25, -0.2) is 9.18 Å². The average Bonchev–Trinajstić information content (AvgIpc) is 2.37. The predicted octanol–water partition coefficient (Wildman–Crippen LogP) is 4.52. The number of aryl methyl sites for hydroxylation is 1. The van der Waals surface area contributed by atoms with Gasteiger partial charge in [0.05, 0.1) is 11.1 Å². The molecule has 2 aromatic rings. The van der Waals surface area contributed by atoms with Crippen molar-refractivity contribution in [2.45, 2.75) is 13.1 Å². The van der Waals surface area contributed by atoms with Crippen LogP contribution in [0.5, 0.6) is 0 Å². The molecule has 0 amide bonds. The van der Waals surface area contributed by atoms with Crippen molar-refractivity contribution < 1.29 is 27.5 Å². The molecule has 0 aliphatic carbocycles. The summed E-state index contributed by atoms with van der Waals surface area (Å²) in [4.78, 5) is 11.0. The van der Waals surface area contributed by atoms with Crippen molar-refractivity contribution in [1.29, 1.82) is 0 Å². The topological polar surface area (TPSA) is 37.3 Å². The average molecular weight is 298 g/mol. The third-order valence-corrected chi connectivity index (χ3v) is 2.93. The van der Waals surface area contributed by atoms with Crippen LogP contribution in [0.2, 0.25) is 0 Å². The Bertz CT molecular complexity index is 705. The molecule has 0 atom stereocenters. The number of benzene rings is 2. The highest BCUT2D eigenvalue weighted by atomic mass is 19.4. The summed E-state index contributed by atoms with van der Waals surface area (Å²) in [6.45, 7) is 1.63. The van der Waals surface area contributed by atoms with Crippen molar-refractivity contribution in [3.63, 3.8) is 0 Å². The first-order chi connectivity index (χ1) is 9.68. The van der Waals surface area contributed by atoms with Crippen LogP contribution in [0.4, 0.5) is 17.6 Å². The molecular weight excluding hydrogens is 288 g/mol. The number of carboxylic acids is 1. The number of alkyl halides is 3. The second-order valence-electron chi connectivity index (χ2n) is 4.59. The highest BCUT2D eigenvalue weighted by Crippen LogP contribution is 2.34. The van der Waals surface area contributed by atoms with E-state index in [0.29, 0.717) is 11.6 Å². The van der Waals surface area contributed by atoms with Crippen LogP contribution < -0.4 is 0 Å². The molecule has 0 heterocycles. The second kappa shape index (κ2) is 5.20. The minimum Gasteiger partial charge on any atom is -0.478 e. The molecule has 0 saturated heterocycles. The van der Waals surface area contributed by atoms with Gasteiger partial charge >= 0.3 is 12.1 Å². The highest BCUT2D eigenvalue weighted by Gasteiger charge is 2.34. The monoisotopic (exact) mass is 298 g/mol. The number of hydrogen-bond acceptors (Lipinski definition) is 1. The Labute approximate surface area is 117 Å². The predicted molar refractivity (Wildman–Crippen MR) is 68.5 cm³/mol. The fourth-order valence-corrected chi connectivity index (χ4v) is 2.00. The molecule has 2 rings (SSSR count). The van der Waals surface area contributed by atoms with Crippen LogP contribution in [-0.4, -0.2) is 11.1 Å². The molecule has 0 fully saturated rings. The van der Waals surface area contributed by atoms with Crippen LogP contribution in [0, 0.1) is 12.7 Å². The van der Waals surface area contributed by atoms with Crippen molar-refractivity contribution in [2.24, 2.45) is 0 Å². The molecule has 6 heteroatoms. The molecule has 0 spiro atoms. The van der Waals surface area contributed by atoms with Crippen molar-refractivity contribution in [2.75, 3.05) is 0 Å². The zero-order valence-corrected chi connectivity index (χ0v) is 10.8. The Morgan fingerprint density at radius 3 is 2.29 bits per heavy atom. The van der Waals surface area contributed by atoms with E-state index in [1.54, 1.807) is 13.0 Å². The molecule has 2 aromatic carbocycles. The van der Waals surface area contributed by atoms with Crippen molar-refractivity contribution >= 4 is 5.97 Å². The number of carbonyl (C=O) groups is 1. The van der Waals surface area contributed by atoms with E-state index >= 15 is 0 Å². The van der Waals surface area contributed by atoms with Gasteiger partial charge in [-0.3, -0.25) is 0 Å². The largest absolute Gasteiger partial charge is 0.478 e. The minimum absolute atomic E-state index is 0.0390. The molecule has 110 valence electrons. The maximum atomic E-state index is 13.3. The third-order valence-electron chi connectivity index (χ3n) is 2.93. The molecule has 0 unspecified atom stereocenters. The lowest BCUT2D eigenvalue weighted by Gasteiger charge is -2.11. The summed E-state index contributed by atoms with van der Waals surface area (Å²) in [5.74, 6) is -2.55. The number of aromatic carboxylic acids is 1. The van der Waals surface area contributed by atoms with E-state index in [2.05, 4.69) is 0 Å². The summed E-state index contributed by atoms with van der Waals surface area (Å²) in [6.07, 6.45) is -4.81. The zero-order valence-electron chi connectivity index (χ0n) is 10.8. The van der Waals surface area contributed by atoms with E-state index in [9.17, 15) is 22.4 Å². The first-order valence-electron chi connectivity index (χ1n) is 5.90. The van der Waals surface area contributed by atoms with Crippen LogP contribution in [0.15, 0.2) is 36.4 Å². The van der Waals surface area contributed by atoms with E-state index in [4.69, 9.17) is 5.11 Å². The van der Waals surface area contributed by atoms with E-state index in [1.165, 1.54) is 18.2 Å². The van der Waals surface area contributed by atoms with Crippen molar-refractivity contribution in [3.05, 3.63) is 58.9 Å². The summed E-state index contributed by atoms with van der Waals surface area (Å²) >= 11 is 0. The number of rotatable bonds is 2. The molecule has 2 nitrogen and oxygen atoms in total. The minimum atomic E-state index is -4.81. The van der Waals surface area contributed by atoms with E-state index < -0.39 is 23.5 Å². The van der Waals surface area contributed by atoms with Crippen molar-refractivity contribution in [1.82, 2.24) is 0 Å². The number of carboxylic acid groups (broad SMARTS) is 1. The third kappa shape index (κ3) is 3.21. The van der Waals surface area contributed by atoms with Gasteiger partial charge in [0.25, 0.3) is 0 Å². The maximum absolute atomic E-state index is 13.3. The Morgan fingerprint density at radius 1 is 1.05 bits per heavy atom. The molecular formula is C15H10F4O2. The molecule has 0 aliphatic rings. The summed E-state index contributed by atoms with van der Waals surface area (Å²) in [5, 5.41) is 8.97. The Morgan fingerprint density at radius 2 is 1.71 bits per heavy atom. The summed E-state index contributed by atoms with van der Waals surface area (Å²) in [5.41, 5.74) is -0.433. The Balaban J connectivity index is 2.60. The molecule has 0 saturated carbocycles. The fourth-order valence-electron chi connectivity index (χ4n) is 2.00. The van der Waals surface area contributed by atoms with Gasteiger partial charge in [-0.1, -0.05) is 12.1 Å². The lowest BCUT2D eigenvalue weighted by atomic mass is 9.98. The first kappa shape index (κ1) is 15.0. The Kier molecular flexibility index (Phi) is 3.72. The van der Waals surface area contributed by atoms with Gasteiger partial charge in [0, 0.05) is 0 Å². The normalized spacial score (nSPS) is 11.5. The van der Waals surface area contributed by atoms with Gasteiger partial charge < -0.3 is 5.11 Å². The maximum Gasteiger partial charge on any atom is 0.419 e. The van der Waals surface area contributed by atoms with Crippen LogP contribution >= 0.6 is 0 Å². The van der Waals surface area contributed by atoms with E-state index in [0.717, 1.165) is 6.07 Å². The standard InChI is InChI=1S/C15H10F4O2/c1-8-4-10(6-11(5-8)14(20)21)9-2-3-13(16)12(7-9)15(17,18)19/h2-7H,1H3,(H,20,21). The lowest BCUT2D eigenvalue weighted by Crippen LogP contribution is -2.08. The number of hydrogen-bond donors (Lipinski definition) is 1. The van der Waals surface area contributed by atoms with Crippen LogP contribution in [0.3, 0.4) is 0 Å². The van der Waals surface area contributed by atoms with E-state index in [1.807, 2.05) is 0 Å². The summed E-state index contributed by atoms with van der Waals surface area (Å²) < 4.78 is 51.3. The quantitative estimate of drug-likeness (QED) is 0.828.